The van der Waals surface area contributed by atoms with Crippen LogP contribution in [0.2, 0.25) is 0 Å². The summed E-state index contributed by atoms with van der Waals surface area (Å²) >= 11 is 0. The van der Waals surface area contributed by atoms with Gasteiger partial charge in [-0.25, -0.2) is 9.13 Å². The molecule has 0 saturated heterocycles. The third-order valence-corrected chi connectivity index (χ3v) is 21.0. The quantitative estimate of drug-likeness (QED) is 0.0222. The van der Waals surface area contributed by atoms with Gasteiger partial charge < -0.3 is 33.8 Å². The van der Waals surface area contributed by atoms with Crippen molar-refractivity contribution in [2.75, 3.05) is 39.6 Å². The average Bonchev–Trinajstić information content (AvgIpc) is 1.57. The van der Waals surface area contributed by atoms with E-state index in [4.69, 9.17) is 37.0 Å². The molecule has 19 heteroatoms. The summed E-state index contributed by atoms with van der Waals surface area (Å²) in [4.78, 5) is 73.0. The number of unbranched alkanes of at least 4 members (excludes halogenated alkanes) is 51. The third-order valence-electron chi connectivity index (χ3n) is 19.1. The third kappa shape index (κ3) is 72.8. The van der Waals surface area contributed by atoms with Crippen LogP contribution in [0.1, 0.15) is 426 Å². The fourth-order valence-electron chi connectivity index (χ4n) is 12.4. The topological polar surface area (TPSA) is 237 Å². The summed E-state index contributed by atoms with van der Waals surface area (Å²) < 4.78 is 68.7. The number of rotatable bonds is 80. The summed E-state index contributed by atoms with van der Waals surface area (Å²) in [5, 5.41) is 10.6. The Bertz CT molecular complexity index is 1890. The molecule has 0 saturated carbocycles. The highest BCUT2D eigenvalue weighted by Gasteiger charge is 2.30. The van der Waals surface area contributed by atoms with Crippen LogP contribution in [0.25, 0.3) is 0 Å². The maximum atomic E-state index is 13.1. The first-order chi connectivity index (χ1) is 48.1. The highest BCUT2D eigenvalue weighted by atomic mass is 31.2. The summed E-state index contributed by atoms with van der Waals surface area (Å²) in [6, 6.07) is 0. The molecule has 17 nitrogen and oxygen atoms in total. The molecule has 0 aliphatic heterocycles. The number of aliphatic hydroxyl groups is 1. The van der Waals surface area contributed by atoms with Crippen molar-refractivity contribution in [3.63, 3.8) is 0 Å². The molecule has 0 spiro atoms. The smallest absolute Gasteiger partial charge is 0.462 e. The molecule has 0 aliphatic carbocycles. The Hall–Kier alpha value is -1.94. The van der Waals surface area contributed by atoms with Gasteiger partial charge in [0.15, 0.2) is 12.2 Å². The van der Waals surface area contributed by atoms with Crippen LogP contribution in [-0.4, -0.2) is 96.7 Å². The molecule has 0 heterocycles. The number of ether oxygens (including phenoxy) is 4. The van der Waals surface area contributed by atoms with E-state index in [1.165, 1.54) is 250 Å². The Kier molecular flexibility index (Phi) is 71.6. The molecule has 6 atom stereocenters. The van der Waals surface area contributed by atoms with Gasteiger partial charge in [0.25, 0.3) is 0 Å². The zero-order valence-corrected chi connectivity index (χ0v) is 66.4. The van der Waals surface area contributed by atoms with E-state index >= 15 is 0 Å². The van der Waals surface area contributed by atoms with Crippen molar-refractivity contribution < 1.29 is 80.2 Å². The Balaban J connectivity index is 5.21. The number of hydrogen-bond donors (Lipinski definition) is 3. The average molecular weight is 1450 g/mol. The van der Waals surface area contributed by atoms with Crippen LogP contribution in [0.5, 0.6) is 0 Å². The Morgan fingerprint density at radius 1 is 0.283 bits per heavy atom. The van der Waals surface area contributed by atoms with Crippen molar-refractivity contribution in [2.24, 2.45) is 5.92 Å². The van der Waals surface area contributed by atoms with Gasteiger partial charge in [-0.3, -0.25) is 37.3 Å². The molecule has 0 bridgehead atoms. The van der Waals surface area contributed by atoms with Gasteiger partial charge in [0.05, 0.1) is 26.4 Å². The molecule has 588 valence electrons. The molecule has 0 aliphatic rings. The largest absolute Gasteiger partial charge is 0.472 e. The van der Waals surface area contributed by atoms with Gasteiger partial charge in [-0.15, -0.1) is 0 Å². The summed E-state index contributed by atoms with van der Waals surface area (Å²) in [5.41, 5.74) is 0. The van der Waals surface area contributed by atoms with E-state index in [0.717, 1.165) is 95.8 Å². The van der Waals surface area contributed by atoms with Gasteiger partial charge in [0.1, 0.15) is 19.3 Å². The summed E-state index contributed by atoms with van der Waals surface area (Å²) in [6.45, 7) is 7.34. The van der Waals surface area contributed by atoms with Crippen molar-refractivity contribution in [1.29, 1.82) is 0 Å². The van der Waals surface area contributed by atoms with Gasteiger partial charge in [-0.1, -0.05) is 375 Å². The van der Waals surface area contributed by atoms with Crippen LogP contribution in [0.15, 0.2) is 0 Å². The van der Waals surface area contributed by atoms with Crippen molar-refractivity contribution in [3.8, 4) is 0 Å². The summed E-state index contributed by atoms with van der Waals surface area (Å²) in [7, 11) is -9.92. The molecule has 3 N–H and O–H groups in total. The van der Waals surface area contributed by atoms with E-state index in [2.05, 4.69) is 34.6 Å². The predicted molar refractivity (Wildman–Crippen MR) is 405 cm³/mol. The first-order valence-corrected chi connectivity index (χ1v) is 44.7. The second-order valence-corrected chi connectivity index (χ2v) is 32.0. The van der Waals surface area contributed by atoms with Crippen LogP contribution in [0, 0.1) is 5.92 Å². The lowest BCUT2D eigenvalue weighted by Gasteiger charge is -2.21. The standard InChI is InChI=1S/C80H156O17P2/c1-6-10-13-16-19-22-25-27-29-30-31-32-33-34-35-37-39-46-51-56-61-66-80(85)97-76(70-91-78(83)64-59-54-49-44-41-40-42-47-52-57-62-73(5)9-4)72-95-99(88,89)93-68-74(81)67-92-98(86,87)94-71-75(69-90-77(82)63-58-53-48-43-24-21-18-15-12-8-3)96-79(84)65-60-55-50-45-38-36-28-26-23-20-17-14-11-7-2/h73-76,81H,6-72H2,1-5H3,(H,86,87)(H,88,89)/t73?,74-,75+,76+/m0/s1. The monoisotopic (exact) mass is 1450 g/mol. The molecular formula is C80H156O17P2. The molecule has 0 rings (SSSR count). The van der Waals surface area contributed by atoms with Gasteiger partial charge >= 0.3 is 39.5 Å². The highest BCUT2D eigenvalue weighted by Crippen LogP contribution is 2.45. The number of carbonyl (C=O) groups is 4. The number of phosphoric acid groups is 2. The van der Waals surface area contributed by atoms with Crippen LogP contribution in [0.4, 0.5) is 0 Å². The second kappa shape index (κ2) is 73.0. The van der Waals surface area contributed by atoms with Crippen molar-refractivity contribution in [2.45, 2.75) is 445 Å². The van der Waals surface area contributed by atoms with Crippen molar-refractivity contribution in [3.05, 3.63) is 0 Å². The molecule has 0 radical (unpaired) electrons. The van der Waals surface area contributed by atoms with Crippen LogP contribution in [-0.2, 0) is 65.4 Å². The minimum atomic E-state index is -4.96. The van der Waals surface area contributed by atoms with Gasteiger partial charge in [-0.05, 0) is 31.6 Å². The van der Waals surface area contributed by atoms with E-state index in [1.54, 1.807) is 0 Å². The molecule has 0 aromatic heterocycles. The summed E-state index contributed by atoms with van der Waals surface area (Å²) in [6.07, 6.45) is 63.7. The fraction of sp³-hybridized carbons (Fsp3) is 0.950. The number of aliphatic hydroxyl groups excluding tert-OH is 1. The van der Waals surface area contributed by atoms with Crippen LogP contribution < -0.4 is 0 Å². The molecule has 0 aromatic rings. The first-order valence-electron chi connectivity index (χ1n) is 41.7. The maximum Gasteiger partial charge on any atom is 0.472 e. The lowest BCUT2D eigenvalue weighted by molar-refractivity contribution is -0.161. The fourth-order valence-corrected chi connectivity index (χ4v) is 14.0. The number of esters is 4. The maximum absolute atomic E-state index is 13.1. The Labute approximate surface area is 607 Å². The van der Waals surface area contributed by atoms with Gasteiger partial charge in [0.2, 0.25) is 0 Å². The van der Waals surface area contributed by atoms with E-state index in [9.17, 15) is 43.2 Å². The zero-order valence-electron chi connectivity index (χ0n) is 64.6. The van der Waals surface area contributed by atoms with Crippen molar-refractivity contribution >= 4 is 39.5 Å². The normalized spacial score (nSPS) is 14.1. The molecule has 3 unspecified atom stereocenters. The minimum absolute atomic E-state index is 0.108. The summed E-state index contributed by atoms with van der Waals surface area (Å²) in [5.74, 6) is -1.30. The van der Waals surface area contributed by atoms with Crippen LogP contribution in [0.3, 0.4) is 0 Å². The SMILES string of the molecule is CCCCCCCCCCCCCCCCCCCCCCCC(=O)O[C@H](COC(=O)CCCCCCCCCCCCC(C)CC)COP(=O)(O)OC[C@@H](O)COP(=O)(O)OC[C@@H](COC(=O)CCCCCCCCCCCC)OC(=O)CCCCCCCCCCCCCCCC. The van der Waals surface area contributed by atoms with Gasteiger partial charge in [-0.2, -0.15) is 0 Å². The number of phosphoric ester groups is 2. The molecule has 0 fully saturated rings. The predicted octanol–water partition coefficient (Wildman–Crippen LogP) is 24.0. The molecular weight excluding hydrogens is 1290 g/mol. The number of carbonyl (C=O) groups excluding carboxylic acids is 4. The Morgan fingerprint density at radius 3 is 0.717 bits per heavy atom. The molecule has 99 heavy (non-hydrogen) atoms. The van der Waals surface area contributed by atoms with E-state index in [1.807, 2.05) is 0 Å². The zero-order chi connectivity index (χ0) is 72.7. The van der Waals surface area contributed by atoms with E-state index < -0.39 is 97.5 Å². The molecule has 0 aromatic carbocycles. The van der Waals surface area contributed by atoms with Crippen LogP contribution >= 0.6 is 15.6 Å². The second-order valence-electron chi connectivity index (χ2n) is 29.1. The molecule has 0 amide bonds. The number of hydrogen-bond acceptors (Lipinski definition) is 15. The minimum Gasteiger partial charge on any atom is -0.462 e. The Morgan fingerprint density at radius 2 is 0.485 bits per heavy atom. The first kappa shape index (κ1) is 97.1. The lowest BCUT2D eigenvalue weighted by atomic mass is 9.99. The highest BCUT2D eigenvalue weighted by molar-refractivity contribution is 7.47. The van der Waals surface area contributed by atoms with E-state index in [-0.39, 0.29) is 25.7 Å². The van der Waals surface area contributed by atoms with Gasteiger partial charge in [0, 0.05) is 25.7 Å². The lowest BCUT2D eigenvalue weighted by Crippen LogP contribution is -2.30. The van der Waals surface area contributed by atoms with Crippen molar-refractivity contribution in [1.82, 2.24) is 0 Å². The van der Waals surface area contributed by atoms with E-state index in [0.29, 0.717) is 25.7 Å².